The first kappa shape index (κ1) is 47.1. The molecule has 0 spiro atoms. The topological polar surface area (TPSA) is 92.7 Å². The number of amides is 1. The van der Waals surface area contributed by atoms with Crippen molar-refractivity contribution in [2.75, 3.05) is 62.8 Å². The van der Waals surface area contributed by atoms with E-state index < -0.39 is 13.9 Å². The van der Waals surface area contributed by atoms with E-state index in [1.54, 1.807) is 0 Å². The summed E-state index contributed by atoms with van der Waals surface area (Å²) in [4.78, 5) is 33.6. The molecule has 3 aliphatic rings. The molecule has 1 aromatic heterocycles. The Labute approximate surface area is 404 Å². The zero-order valence-corrected chi connectivity index (χ0v) is 42.0. The van der Waals surface area contributed by atoms with Gasteiger partial charge < -0.3 is 38.2 Å². The molecule has 0 saturated carbocycles. The Morgan fingerprint density at radius 3 is 2.07 bits per heavy atom. The van der Waals surface area contributed by atoms with Crippen LogP contribution in [0.4, 0.5) is 16.3 Å². The smallest absolute Gasteiger partial charge is 0.410 e. The number of rotatable bonds is 13. The van der Waals surface area contributed by atoms with Gasteiger partial charge in [-0.1, -0.05) is 136 Å². The number of hydrogen-bond donors (Lipinski definition) is 0. The number of nitrogens with zero attached hydrogens (tertiary/aromatic N) is 6. The summed E-state index contributed by atoms with van der Waals surface area (Å²) < 4.78 is 26.8. The highest BCUT2D eigenvalue weighted by atomic mass is 28.4. The van der Waals surface area contributed by atoms with E-state index in [4.69, 9.17) is 28.6 Å². The summed E-state index contributed by atoms with van der Waals surface area (Å²) in [5, 5.41) is 4.47. The van der Waals surface area contributed by atoms with Crippen LogP contribution in [-0.4, -0.2) is 105 Å². The molecule has 6 aromatic rings. The minimum absolute atomic E-state index is 0.236. The van der Waals surface area contributed by atoms with Gasteiger partial charge in [-0.3, -0.25) is 0 Å². The van der Waals surface area contributed by atoms with Gasteiger partial charge in [-0.15, -0.1) is 0 Å². The average molecular weight is 933 g/mol. The molecule has 2 atom stereocenters. The number of hydrogen-bond acceptors (Lipinski definition) is 10. The van der Waals surface area contributed by atoms with Crippen LogP contribution in [0.15, 0.2) is 127 Å². The number of piperazine rings is 1. The number of likely N-dealkylation sites (tertiary alicyclic amines) is 1. The highest BCUT2D eigenvalue weighted by Crippen LogP contribution is 2.40. The van der Waals surface area contributed by atoms with Gasteiger partial charge in [0.15, 0.2) is 0 Å². The minimum Gasteiger partial charge on any atom is -0.489 e. The van der Waals surface area contributed by atoms with Crippen LogP contribution in [0.25, 0.3) is 10.8 Å². The maximum atomic E-state index is 13.9. The van der Waals surface area contributed by atoms with E-state index in [2.05, 4.69) is 152 Å². The van der Waals surface area contributed by atoms with E-state index in [9.17, 15) is 4.79 Å². The predicted octanol–water partition coefficient (Wildman–Crippen LogP) is 9.25. The van der Waals surface area contributed by atoms with Crippen molar-refractivity contribution in [2.45, 2.75) is 96.7 Å². The Morgan fingerprint density at radius 2 is 1.41 bits per heavy atom. The van der Waals surface area contributed by atoms with Crippen LogP contribution in [0.2, 0.25) is 5.04 Å². The van der Waals surface area contributed by atoms with Gasteiger partial charge >= 0.3 is 12.1 Å². The first-order chi connectivity index (χ1) is 32.8. The molecule has 356 valence electrons. The first-order valence-corrected chi connectivity index (χ1v) is 26.3. The lowest BCUT2D eigenvalue weighted by atomic mass is 10.0. The van der Waals surface area contributed by atoms with E-state index >= 15 is 0 Å². The third-order valence-corrected chi connectivity index (χ3v) is 18.8. The molecule has 1 amide bonds. The summed E-state index contributed by atoms with van der Waals surface area (Å²) in [6, 6.07) is 45.1. The molecule has 0 radical (unpaired) electrons. The molecule has 5 aromatic carbocycles. The van der Waals surface area contributed by atoms with Crippen LogP contribution in [0.3, 0.4) is 0 Å². The molecular formula is C56H68N6O5Si. The number of carbonyl (C=O) groups excluding carboxylic acids is 1. The largest absolute Gasteiger partial charge is 0.489 e. The van der Waals surface area contributed by atoms with Crippen molar-refractivity contribution in [3.05, 3.63) is 144 Å². The zero-order valence-electron chi connectivity index (χ0n) is 41.0. The van der Waals surface area contributed by atoms with Crippen LogP contribution < -0.4 is 29.6 Å². The molecule has 68 heavy (non-hydrogen) atoms. The molecule has 12 heteroatoms. The van der Waals surface area contributed by atoms with Crippen molar-refractivity contribution in [2.24, 2.45) is 0 Å². The summed E-state index contributed by atoms with van der Waals surface area (Å²) in [5.74, 6) is 1.68. The van der Waals surface area contributed by atoms with Crippen LogP contribution >= 0.6 is 0 Å². The fourth-order valence-electron chi connectivity index (χ4n) is 10.4. The van der Waals surface area contributed by atoms with Gasteiger partial charge in [-0.05, 0) is 86.1 Å². The molecule has 9 rings (SSSR count). The number of anilines is 2. The van der Waals surface area contributed by atoms with Gasteiger partial charge in [-0.25, -0.2) is 4.79 Å². The van der Waals surface area contributed by atoms with Crippen LogP contribution in [0, 0.1) is 0 Å². The van der Waals surface area contributed by atoms with Crippen LogP contribution in [-0.2, 0) is 28.7 Å². The van der Waals surface area contributed by atoms with E-state index in [0.29, 0.717) is 64.5 Å². The second kappa shape index (κ2) is 19.9. The normalized spacial score (nSPS) is 18.1. The number of carbonyl (C=O) groups is 1. The highest BCUT2D eigenvalue weighted by molar-refractivity contribution is 6.99. The van der Waals surface area contributed by atoms with E-state index in [-0.39, 0.29) is 17.2 Å². The monoisotopic (exact) mass is 933 g/mol. The molecule has 11 nitrogen and oxygen atoms in total. The van der Waals surface area contributed by atoms with Crippen molar-refractivity contribution in [1.82, 2.24) is 19.8 Å². The van der Waals surface area contributed by atoms with Crippen molar-refractivity contribution in [3.8, 4) is 11.8 Å². The predicted molar refractivity (Wildman–Crippen MR) is 275 cm³/mol. The molecule has 0 bridgehead atoms. The quantitative estimate of drug-likeness (QED) is 0.104. The average Bonchev–Trinajstić information content (AvgIpc) is 3.76. The van der Waals surface area contributed by atoms with Gasteiger partial charge in [0.2, 0.25) is 0 Å². The molecular weight excluding hydrogens is 865 g/mol. The lowest BCUT2D eigenvalue weighted by Crippen LogP contribution is -2.68. The first-order valence-electron chi connectivity index (χ1n) is 24.4. The lowest BCUT2D eigenvalue weighted by Gasteiger charge is -2.47. The minimum atomic E-state index is -2.96. The Bertz CT molecular complexity index is 2620. The zero-order chi connectivity index (χ0) is 47.5. The Hall–Kier alpha value is -5.95. The summed E-state index contributed by atoms with van der Waals surface area (Å²) in [6.07, 6.45) is 2.62. The Kier molecular flexibility index (Phi) is 13.8. The van der Waals surface area contributed by atoms with Gasteiger partial charge in [0, 0.05) is 54.9 Å². The number of likely N-dealkylation sites (N-methyl/N-ethyl adjacent to an activating group) is 1. The summed E-state index contributed by atoms with van der Waals surface area (Å²) in [7, 11) is -0.798. The van der Waals surface area contributed by atoms with E-state index in [1.807, 2.05) is 43.9 Å². The molecule has 1 unspecified atom stereocenters. The molecule has 2 saturated heterocycles. The fraction of sp³-hybridized carbons (Fsp3) is 0.411. The van der Waals surface area contributed by atoms with E-state index in [1.165, 1.54) is 10.4 Å². The summed E-state index contributed by atoms with van der Waals surface area (Å²) in [5.41, 5.74) is 3.64. The SMILES string of the molecule is CN1CCC[C@H]1COc1nc2c(c(N3CCN(C(=O)OC(C)(C)C)CC3CO[Si](c3ccccc3)(c3ccccc3)C(C)(C)C)n1)CCN(c1cc(OCc3ccccc3)cc3ccccc13)C2. The summed E-state index contributed by atoms with van der Waals surface area (Å²) >= 11 is 0. The standard InChI is InChI=1S/C56H68N6O5Si/c1-55(2,3)67-54(63)61-32-33-62(44(36-61)40-66-68(56(4,5)6,46-24-13-9-14-25-46)47-26-15-10-16-27-47)52-49-29-31-60(37-50(49)57-53(58-52)65-39-43-23-19-30-59(43)7)51-35-45(34-42-22-17-18-28-48(42)51)64-38-41-20-11-8-12-21-41/h8-18,20-22,24-28,34-35,43-44H,19,23,29-33,36-40H2,1-7H3/t43-,44?/m0/s1. The maximum absolute atomic E-state index is 13.9. The molecule has 4 heterocycles. The number of fused-ring (bicyclic) bond motifs is 2. The van der Waals surface area contributed by atoms with Gasteiger partial charge in [0.05, 0.1) is 24.9 Å². The second-order valence-electron chi connectivity index (χ2n) is 20.7. The van der Waals surface area contributed by atoms with Gasteiger partial charge in [-0.2, -0.15) is 9.97 Å². The molecule has 3 aliphatic heterocycles. The highest BCUT2D eigenvalue weighted by Gasteiger charge is 2.51. The third-order valence-electron chi connectivity index (χ3n) is 13.8. The van der Waals surface area contributed by atoms with Crippen molar-refractivity contribution in [1.29, 1.82) is 0 Å². The van der Waals surface area contributed by atoms with Crippen molar-refractivity contribution >= 4 is 47.1 Å². The lowest BCUT2D eigenvalue weighted by molar-refractivity contribution is 0.0199. The Balaban J connectivity index is 1.10. The number of benzene rings is 5. The number of aromatic nitrogens is 2. The van der Waals surface area contributed by atoms with Crippen molar-refractivity contribution < 1.29 is 23.4 Å². The summed E-state index contributed by atoms with van der Waals surface area (Å²) in [6.45, 7) is 17.8. The van der Waals surface area contributed by atoms with Gasteiger partial charge in [0.1, 0.15) is 30.4 Å². The number of ether oxygens (including phenoxy) is 3. The molecule has 0 aliphatic carbocycles. The maximum Gasteiger partial charge on any atom is 0.410 e. The molecule has 2 fully saturated rings. The van der Waals surface area contributed by atoms with Gasteiger partial charge in [0.25, 0.3) is 8.32 Å². The Morgan fingerprint density at radius 1 is 0.735 bits per heavy atom. The van der Waals surface area contributed by atoms with Crippen molar-refractivity contribution in [3.63, 3.8) is 0 Å². The van der Waals surface area contributed by atoms with Crippen LogP contribution in [0.1, 0.15) is 71.2 Å². The third kappa shape index (κ3) is 10.2. The molecule has 0 N–H and O–H groups in total. The van der Waals surface area contributed by atoms with Crippen LogP contribution in [0.5, 0.6) is 11.8 Å². The second-order valence-corrected chi connectivity index (χ2v) is 25.0. The fourth-order valence-corrected chi connectivity index (χ4v) is 15.0. The van der Waals surface area contributed by atoms with E-state index in [0.717, 1.165) is 70.8 Å².